The number of anilines is 1. The highest BCUT2D eigenvalue weighted by atomic mass is 35.5. The summed E-state index contributed by atoms with van der Waals surface area (Å²) in [7, 11) is 0. The van der Waals surface area contributed by atoms with Gasteiger partial charge >= 0.3 is 0 Å². The summed E-state index contributed by atoms with van der Waals surface area (Å²) in [6, 6.07) is 3.38. The van der Waals surface area contributed by atoms with Crippen molar-refractivity contribution in [3.05, 3.63) is 29.1 Å². The molecular weight excluding hydrogens is 216 g/mol. The molecule has 1 N–H and O–H groups in total. The highest BCUT2D eigenvalue weighted by molar-refractivity contribution is 6.32. The van der Waals surface area contributed by atoms with E-state index in [0.29, 0.717) is 23.2 Å². The van der Waals surface area contributed by atoms with Crippen LogP contribution in [0, 0.1) is 0 Å². The summed E-state index contributed by atoms with van der Waals surface area (Å²) >= 11 is 5.71. The van der Waals surface area contributed by atoms with Crippen LogP contribution in [-0.2, 0) is 9.53 Å². The van der Waals surface area contributed by atoms with E-state index < -0.39 is 0 Å². The minimum Gasteiger partial charge on any atom is -0.501 e. The summed E-state index contributed by atoms with van der Waals surface area (Å²) in [4.78, 5) is 15.5. The molecule has 0 spiro atoms. The number of carbonyl (C=O) groups is 1. The van der Waals surface area contributed by atoms with Gasteiger partial charge in [0.15, 0.2) is 0 Å². The number of carbonyl (C=O) groups excluding carboxylic acids is 1. The number of amides is 1. The Balaban J connectivity index is 2.42. The predicted molar refractivity (Wildman–Crippen MR) is 57.5 cm³/mol. The first-order valence-corrected chi connectivity index (χ1v) is 4.90. The van der Waals surface area contributed by atoms with Crippen molar-refractivity contribution < 1.29 is 9.53 Å². The standard InChI is InChI=1S/C10H9ClN2O2/c1-2-15-5-7-6-3-4-8(11)12-9(6)13-10(7)14/h3-5H,2H2,1H3,(H,12,13,14). The van der Waals surface area contributed by atoms with E-state index in [1.54, 1.807) is 12.1 Å². The van der Waals surface area contributed by atoms with Gasteiger partial charge in [0, 0.05) is 5.56 Å². The lowest BCUT2D eigenvalue weighted by molar-refractivity contribution is -0.110. The smallest absolute Gasteiger partial charge is 0.260 e. The lowest BCUT2D eigenvalue weighted by atomic mass is 10.1. The molecule has 0 saturated carbocycles. The van der Waals surface area contributed by atoms with Crippen molar-refractivity contribution >= 4 is 28.9 Å². The minimum absolute atomic E-state index is 0.215. The molecule has 0 unspecified atom stereocenters. The number of hydrogen-bond donors (Lipinski definition) is 1. The highest BCUT2D eigenvalue weighted by Crippen LogP contribution is 2.30. The van der Waals surface area contributed by atoms with E-state index in [2.05, 4.69) is 10.3 Å². The maximum atomic E-state index is 11.5. The first kappa shape index (κ1) is 9.98. The molecule has 0 aromatic carbocycles. The maximum absolute atomic E-state index is 11.5. The zero-order valence-electron chi connectivity index (χ0n) is 8.08. The number of rotatable bonds is 2. The molecular formula is C10H9ClN2O2. The summed E-state index contributed by atoms with van der Waals surface area (Å²) in [6.45, 7) is 2.37. The van der Waals surface area contributed by atoms with E-state index in [0.717, 1.165) is 5.56 Å². The SMILES string of the molecule is CCOC=C1C(=O)Nc2nc(Cl)ccc21. The molecule has 0 fully saturated rings. The third kappa shape index (κ3) is 1.80. The van der Waals surface area contributed by atoms with Gasteiger partial charge in [-0.05, 0) is 19.1 Å². The Morgan fingerprint density at radius 3 is 3.13 bits per heavy atom. The number of ether oxygens (including phenoxy) is 1. The van der Waals surface area contributed by atoms with Crippen LogP contribution < -0.4 is 5.32 Å². The van der Waals surface area contributed by atoms with Crippen LogP contribution in [0.2, 0.25) is 5.15 Å². The Labute approximate surface area is 91.9 Å². The number of nitrogens with one attached hydrogen (secondary N) is 1. The second kappa shape index (κ2) is 3.90. The Morgan fingerprint density at radius 2 is 2.40 bits per heavy atom. The zero-order valence-corrected chi connectivity index (χ0v) is 8.84. The molecule has 0 bridgehead atoms. The van der Waals surface area contributed by atoms with Gasteiger partial charge in [-0.2, -0.15) is 0 Å². The predicted octanol–water partition coefficient (Wildman–Crippen LogP) is 2.06. The molecule has 78 valence electrons. The van der Waals surface area contributed by atoms with Gasteiger partial charge in [-0.1, -0.05) is 11.6 Å². The average molecular weight is 225 g/mol. The Kier molecular flexibility index (Phi) is 2.60. The van der Waals surface area contributed by atoms with Gasteiger partial charge in [0.1, 0.15) is 11.0 Å². The second-order valence-electron chi connectivity index (χ2n) is 2.97. The number of halogens is 1. The third-order valence-corrected chi connectivity index (χ3v) is 2.21. The van der Waals surface area contributed by atoms with Gasteiger partial charge in [0.25, 0.3) is 5.91 Å². The Bertz CT molecular complexity index is 443. The molecule has 1 aromatic rings. The van der Waals surface area contributed by atoms with Crippen molar-refractivity contribution in [1.29, 1.82) is 0 Å². The minimum atomic E-state index is -0.215. The van der Waals surface area contributed by atoms with Crippen LogP contribution in [0.4, 0.5) is 5.82 Å². The number of aromatic nitrogens is 1. The lowest BCUT2D eigenvalue weighted by Crippen LogP contribution is -2.04. The lowest BCUT2D eigenvalue weighted by Gasteiger charge is -1.98. The highest BCUT2D eigenvalue weighted by Gasteiger charge is 2.25. The topological polar surface area (TPSA) is 51.2 Å². The number of nitrogens with zero attached hydrogens (tertiary/aromatic N) is 1. The summed E-state index contributed by atoms with van der Waals surface area (Å²) in [5, 5.41) is 2.97. The summed E-state index contributed by atoms with van der Waals surface area (Å²) < 4.78 is 5.09. The summed E-state index contributed by atoms with van der Waals surface area (Å²) in [5.74, 6) is 0.270. The van der Waals surface area contributed by atoms with E-state index in [1.165, 1.54) is 6.26 Å². The normalized spacial score (nSPS) is 16.4. The van der Waals surface area contributed by atoms with Crippen LogP contribution in [-0.4, -0.2) is 17.5 Å². The molecule has 0 radical (unpaired) electrons. The van der Waals surface area contributed by atoms with Crippen molar-refractivity contribution in [1.82, 2.24) is 4.98 Å². The Morgan fingerprint density at radius 1 is 1.60 bits per heavy atom. The van der Waals surface area contributed by atoms with Crippen molar-refractivity contribution in [3.63, 3.8) is 0 Å². The Hall–Kier alpha value is -1.55. The molecule has 0 saturated heterocycles. The van der Waals surface area contributed by atoms with Crippen LogP contribution in [0.1, 0.15) is 12.5 Å². The van der Waals surface area contributed by atoms with Gasteiger partial charge in [-0.3, -0.25) is 4.79 Å². The van der Waals surface area contributed by atoms with Gasteiger partial charge in [-0.25, -0.2) is 4.98 Å². The van der Waals surface area contributed by atoms with Gasteiger partial charge in [0.2, 0.25) is 0 Å². The summed E-state index contributed by atoms with van der Waals surface area (Å²) in [6.07, 6.45) is 1.44. The molecule has 0 atom stereocenters. The van der Waals surface area contributed by atoms with Gasteiger partial charge in [0.05, 0.1) is 18.4 Å². The maximum Gasteiger partial charge on any atom is 0.260 e. The van der Waals surface area contributed by atoms with E-state index in [-0.39, 0.29) is 5.91 Å². The number of hydrogen-bond acceptors (Lipinski definition) is 3. The van der Waals surface area contributed by atoms with Crippen molar-refractivity contribution in [2.75, 3.05) is 11.9 Å². The van der Waals surface area contributed by atoms with Crippen LogP contribution >= 0.6 is 11.6 Å². The molecule has 2 rings (SSSR count). The monoisotopic (exact) mass is 224 g/mol. The number of pyridine rings is 1. The second-order valence-corrected chi connectivity index (χ2v) is 3.36. The first-order chi connectivity index (χ1) is 7.22. The third-order valence-electron chi connectivity index (χ3n) is 2.00. The van der Waals surface area contributed by atoms with Crippen molar-refractivity contribution in [2.24, 2.45) is 0 Å². The fraction of sp³-hybridized carbons (Fsp3) is 0.200. The molecule has 5 heteroatoms. The van der Waals surface area contributed by atoms with Crippen LogP contribution in [0.3, 0.4) is 0 Å². The van der Waals surface area contributed by atoms with Crippen LogP contribution in [0.5, 0.6) is 0 Å². The largest absolute Gasteiger partial charge is 0.501 e. The molecule has 4 nitrogen and oxygen atoms in total. The summed E-state index contributed by atoms with van der Waals surface area (Å²) in [5.41, 5.74) is 1.20. The fourth-order valence-corrected chi connectivity index (χ4v) is 1.48. The molecule has 0 aliphatic carbocycles. The molecule has 1 aliphatic rings. The van der Waals surface area contributed by atoms with Gasteiger partial charge in [-0.15, -0.1) is 0 Å². The van der Waals surface area contributed by atoms with Crippen LogP contribution in [0.25, 0.3) is 5.57 Å². The zero-order chi connectivity index (χ0) is 10.8. The molecule has 1 aliphatic heterocycles. The molecule has 2 heterocycles. The number of fused-ring (bicyclic) bond motifs is 1. The fourth-order valence-electron chi connectivity index (χ4n) is 1.33. The van der Waals surface area contributed by atoms with Crippen molar-refractivity contribution in [2.45, 2.75) is 6.92 Å². The van der Waals surface area contributed by atoms with E-state index in [4.69, 9.17) is 16.3 Å². The first-order valence-electron chi connectivity index (χ1n) is 4.52. The van der Waals surface area contributed by atoms with E-state index in [1.807, 2.05) is 6.92 Å². The van der Waals surface area contributed by atoms with E-state index >= 15 is 0 Å². The van der Waals surface area contributed by atoms with Crippen molar-refractivity contribution in [3.8, 4) is 0 Å². The molecule has 1 amide bonds. The van der Waals surface area contributed by atoms with E-state index in [9.17, 15) is 4.79 Å². The van der Waals surface area contributed by atoms with Crippen LogP contribution in [0.15, 0.2) is 18.4 Å². The average Bonchev–Trinajstić information content (AvgIpc) is 2.50. The molecule has 15 heavy (non-hydrogen) atoms. The van der Waals surface area contributed by atoms with Gasteiger partial charge < -0.3 is 10.1 Å². The molecule has 1 aromatic heterocycles. The quantitative estimate of drug-likeness (QED) is 0.475.